The maximum atomic E-state index is 13.9. The van der Waals surface area contributed by atoms with Gasteiger partial charge in [0.05, 0.1) is 13.2 Å². The molecular formula is C42H47N5O6. The average molecular weight is 718 g/mol. The van der Waals surface area contributed by atoms with E-state index in [0.717, 1.165) is 41.9 Å². The number of ether oxygens (including phenoxy) is 3. The van der Waals surface area contributed by atoms with Crippen LogP contribution in [0.5, 0.6) is 11.5 Å². The number of hydrogen-bond acceptors (Lipinski definition) is 8. The molecule has 0 spiro atoms. The van der Waals surface area contributed by atoms with Gasteiger partial charge in [-0.15, -0.1) is 5.10 Å². The Morgan fingerprint density at radius 3 is 1.98 bits per heavy atom. The van der Waals surface area contributed by atoms with E-state index in [4.69, 9.17) is 14.2 Å². The lowest BCUT2D eigenvalue weighted by Gasteiger charge is -2.26. The van der Waals surface area contributed by atoms with Gasteiger partial charge in [0, 0.05) is 31.3 Å². The van der Waals surface area contributed by atoms with Gasteiger partial charge in [-0.3, -0.25) is 9.69 Å². The Bertz CT molecular complexity index is 1970. The quantitative estimate of drug-likeness (QED) is 0.119. The Hall–Kier alpha value is -5.52. The van der Waals surface area contributed by atoms with E-state index in [-0.39, 0.29) is 24.1 Å². The molecule has 1 saturated heterocycles. The molecule has 2 heterocycles. The van der Waals surface area contributed by atoms with Gasteiger partial charge in [0.15, 0.2) is 5.69 Å². The zero-order valence-electron chi connectivity index (χ0n) is 30.7. The number of aliphatic carboxylic acids is 1. The van der Waals surface area contributed by atoms with Gasteiger partial charge in [0.1, 0.15) is 42.1 Å². The predicted octanol–water partition coefficient (Wildman–Crippen LogP) is 6.89. The maximum Gasteiger partial charge on any atom is 0.326 e. The van der Waals surface area contributed by atoms with E-state index in [1.807, 2.05) is 97.1 Å². The van der Waals surface area contributed by atoms with Gasteiger partial charge < -0.3 is 24.6 Å². The molecule has 0 radical (unpaired) electrons. The van der Waals surface area contributed by atoms with Crippen molar-refractivity contribution in [1.82, 2.24) is 25.2 Å². The molecule has 6 rings (SSSR count). The minimum absolute atomic E-state index is 0.00217. The van der Waals surface area contributed by atoms with Gasteiger partial charge in [-0.25, -0.2) is 9.48 Å². The van der Waals surface area contributed by atoms with Crippen LogP contribution >= 0.6 is 0 Å². The Morgan fingerprint density at radius 2 is 1.42 bits per heavy atom. The highest BCUT2D eigenvalue weighted by molar-refractivity contribution is 6.00. The van der Waals surface area contributed by atoms with Crippen LogP contribution in [-0.2, 0) is 29.3 Å². The van der Waals surface area contributed by atoms with Crippen LogP contribution in [0, 0.1) is 5.92 Å². The molecule has 2 N–H and O–H groups in total. The molecule has 1 fully saturated rings. The molecule has 0 aliphatic carbocycles. The lowest BCUT2D eigenvalue weighted by Crippen LogP contribution is -2.44. The van der Waals surface area contributed by atoms with Crippen molar-refractivity contribution in [1.29, 1.82) is 0 Å². The molecule has 1 aliphatic heterocycles. The van der Waals surface area contributed by atoms with Gasteiger partial charge in [0.2, 0.25) is 0 Å². The van der Waals surface area contributed by atoms with E-state index < -0.39 is 17.9 Å². The first kappa shape index (κ1) is 37.2. The fourth-order valence-corrected chi connectivity index (χ4v) is 6.26. The second-order valence-corrected chi connectivity index (χ2v) is 13.9. The van der Waals surface area contributed by atoms with Gasteiger partial charge in [-0.1, -0.05) is 118 Å². The summed E-state index contributed by atoms with van der Waals surface area (Å²) in [5, 5.41) is 21.5. The summed E-state index contributed by atoms with van der Waals surface area (Å²) in [4.78, 5) is 28.4. The van der Waals surface area contributed by atoms with Crippen molar-refractivity contribution in [3.05, 3.63) is 125 Å². The Labute approximate surface area is 310 Å². The second kappa shape index (κ2) is 17.3. The van der Waals surface area contributed by atoms with E-state index in [0.29, 0.717) is 48.3 Å². The molecule has 276 valence electrons. The predicted molar refractivity (Wildman–Crippen MR) is 202 cm³/mol. The molecule has 1 amide bonds. The Kier molecular flexibility index (Phi) is 12.2. The van der Waals surface area contributed by atoms with Crippen molar-refractivity contribution in [2.75, 3.05) is 26.3 Å². The highest BCUT2D eigenvalue weighted by atomic mass is 16.5. The molecule has 1 atom stereocenters. The van der Waals surface area contributed by atoms with Crippen molar-refractivity contribution >= 4 is 11.9 Å². The summed E-state index contributed by atoms with van der Waals surface area (Å²) in [6.45, 7) is 12.2. The smallest absolute Gasteiger partial charge is 0.326 e. The zero-order chi connectivity index (χ0) is 37.3. The number of carboxylic acid groups (broad SMARTS) is 1. The van der Waals surface area contributed by atoms with Crippen LogP contribution in [0.15, 0.2) is 97.1 Å². The van der Waals surface area contributed by atoms with Gasteiger partial charge in [-0.2, -0.15) is 0 Å². The summed E-state index contributed by atoms with van der Waals surface area (Å²) >= 11 is 0. The molecule has 0 saturated carbocycles. The van der Waals surface area contributed by atoms with Crippen molar-refractivity contribution in [3.63, 3.8) is 0 Å². The molecule has 1 aromatic heterocycles. The maximum absolute atomic E-state index is 13.9. The number of nitrogens with one attached hydrogen (secondary N) is 1. The molecule has 5 aromatic rings. The van der Waals surface area contributed by atoms with Crippen molar-refractivity contribution in [3.8, 4) is 28.4 Å². The lowest BCUT2D eigenvalue weighted by molar-refractivity contribution is -0.140. The number of nitrogens with zero attached hydrogens (tertiary/aromatic N) is 4. The van der Waals surface area contributed by atoms with Crippen LogP contribution in [0.1, 0.15) is 66.4 Å². The Balaban J connectivity index is 1.46. The minimum atomic E-state index is -1.13. The zero-order valence-corrected chi connectivity index (χ0v) is 30.7. The van der Waals surface area contributed by atoms with E-state index in [9.17, 15) is 14.7 Å². The highest BCUT2D eigenvalue weighted by Gasteiger charge is 2.30. The summed E-state index contributed by atoms with van der Waals surface area (Å²) in [6, 6.07) is 30.5. The number of rotatable bonds is 15. The largest absolute Gasteiger partial charge is 0.488 e. The summed E-state index contributed by atoms with van der Waals surface area (Å²) in [6.07, 6.45) is 0. The fourth-order valence-electron chi connectivity index (χ4n) is 6.26. The third-order valence-electron chi connectivity index (χ3n) is 9.26. The van der Waals surface area contributed by atoms with Crippen LogP contribution in [0.4, 0.5) is 0 Å². The summed E-state index contributed by atoms with van der Waals surface area (Å²) in [5.41, 5.74) is 5.70. The highest BCUT2D eigenvalue weighted by Crippen LogP contribution is 2.39. The number of carbonyl (C=O) groups is 2. The number of hydrogen-bond donors (Lipinski definition) is 2. The standard InChI is InChI=1S/C42H47N5O6/c1-28(2)34-23-35(37(53-27-32-13-9-6-10-14-32)24-36(34)52-26-31-11-7-5-8-12-31)47-40(39(44-45-47)41(48)43-38(29(3)4)42(49)50)33-17-15-30(16-18-33)25-46-19-21-51-22-20-46/h5-18,23-24,28-29,38H,19-22,25-27H2,1-4H3,(H,43,48)(H,49,50)/t38-/m0/s1. The lowest BCUT2D eigenvalue weighted by atomic mass is 10.00. The number of aromatic nitrogens is 3. The molecule has 53 heavy (non-hydrogen) atoms. The number of carboxylic acids is 1. The molecule has 11 nitrogen and oxygen atoms in total. The van der Waals surface area contributed by atoms with Crippen LogP contribution in [0.25, 0.3) is 16.9 Å². The van der Waals surface area contributed by atoms with Gasteiger partial charge in [-0.05, 0) is 40.2 Å². The average Bonchev–Trinajstić information content (AvgIpc) is 3.61. The van der Waals surface area contributed by atoms with E-state index in [1.54, 1.807) is 18.5 Å². The first-order valence-corrected chi connectivity index (χ1v) is 18.1. The molecule has 0 unspecified atom stereocenters. The molecule has 1 aliphatic rings. The number of morpholine rings is 1. The van der Waals surface area contributed by atoms with Crippen LogP contribution < -0.4 is 14.8 Å². The van der Waals surface area contributed by atoms with Crippen LogP contribution in [0.3, 0.4) is 0 Å². The molecular weight excluding hydrogens is 670 g/mol. The molecule has 11 heteroatoms. The first-order valence-electron chi connectivity index (χ1n) is 18.1. The Morgan fingerprint density at radius 1 is 0.811 bits per heavy atom. The number of amides is 1. The van der Waals surface area contributed by atoms with Crippen molar-refractivity contribution < 1.29 is 28.9 Å². The topological polar surface area (TPSA) is 128 Å². The number of carbonyl (C=O) groups excluding carboxylic acids is 1. The molecule has 4 aromatic carbocycles. The molecule has 0 bridgehead atoms. The first-order chi connectivity index (χ1) is 25.7. The summed E-state index contributed by atoms with van der Waals surface area (Å²) in [7, 11) is 0. The van der Waals surface area contributed by atoms with Crippen LogP contribution in [0.2, 0.25) is 0 Å². The van der Waals surface area contributed by atoms with E-state index in [2.05, 4.69) is 34.4 Å². The van der Waals surface area contributed by atoms with Crippen molar-refractivity contribution in [2.45, 2.75) is 59.4 Å². The van der Waals surface area contributed by atoms with Gasteiger partial charge in [0.25, 0.3) is 5.91 Å². The van der Waals surface area contributed by atoms with Crippen LogP contribution in [-0.4, -0.2) is 69.2 Å². The van der Waals surface area contributed by atoms with E-state index in [1.165, 1.54) is 0 Å². The summed E-state index contributed by atoms with van der Waals surface area (Å²) in [5.74, 6) is -0.913. The SMILES string of the molecule is CC(C)c1cc(-n2nnc(C(=O)N[C@H](C(=O)O)C(C)C)c2-c2ccc(CN3CCOCC3)cc2)c(OCc2ccccc2)cc1OCc1ccccc1. The van der Waals surface area contributed by atoms with E-state index >= 15 is 0 Å². The number of benzene rings is 4. The van der Waals surface area contributed by atoms with Gasteiger partial charge >= 0.3 is 5.97 Å². The summed E-state index contributed by atoms with van der Waals surface area (Å²) < 4.78 is 20.1. The van der Waals surface area contributed by atoms with Crippen molar-refractivity contribution in [2.24, 2.45) is 5.92 Å². The third-order valence-corrected chi connectivity index (χ3v) is 9.26. The fraction of sp³-hybridized carbons (Fsp3) is 0.333. The third kappa shape index (κ3) is 9.29. The normalized spacial score (nSPS) is 13.9. The minimum Gasteiger partial charge on any atom is -0.488 e. The monoisotopic (exact) mass is 717 g/mol. The second-order valence-electron chi connectivity index (χ2n) is 13.9.